The Morgan fingerprint density at radius 1 is 1.24 bits per heavy atom. The van der Waals surface area contributed by atoms with Gasteiger partial charge in [0, 0.05) is 5.56 Å². The van der Waals surface area contributed by atoms with Gasteiger partial charge >= 0.3 is 0 Å². The van der Waals surface area contributed by atoms with Crippen molar-refractivity contribution in [2.24, 2.45) is 0 Å². The number of carbonyl (C=O) groups is 1. The highest BCUT2D eigenvalue weighted by molar-refractivity contribution is 8.00. The monoisotopic (exact) mass is 306 g/mol. The Labute approximate surface area is 127 Å². The highest BCUT2D eigenvalue weighted by Crippen LogP contribution is 2.25. The number of rotatable bonds is 6. The first-order valence-electron chi connectivity index (χ1n) is 6.65. The van der Waals surface area contributed by atoms with Crippen LogP contribution in [0.4, 0.5) is 0 Å². The van der Waals surface area contributed by atoms with E-state index >= 15 is 0 Å². The summed E-state index contributed by atoms with van der Waals surface area (Å²) in [4.78, 5) is 12.4. The van der Waals surface area contributed by atoms with Gasteiger partial charge in [-0.15, -0.1) is 5.10 Å². The van der Waals surface area contributed by atoms with Crippen molar-refractivity contribution in [3.8, 4) is 5.75 Å². The van der Waals surface area contributed by atoms with Crippen LogP contribution < -0.4 is 4.74 Å². The van der Waals surface area contributed by atoms with Gasteiger partial charge in [0.2, 0.25) is 5.16 Å². The van der Waals surface area contributed by atoms with Crippen LogP contribution in [0.1, 0.15) is 37.2 Å². The summed E-state index contributed by atoms with van der Waals surface area (Å²) in [6, 6.07) is 7.25. The first-order chi connectivity index (χ1) is 10.0. The average Bonchev–Trinajstić information content (AvgIpc) is 2.95. The smallest absolute Gasteiger partial charge is 0.210 e. The van der Waals surface area contributed by atoms with Crippen LogP contribution >= 0.6 is 11.8 Å². The molecule has 0 fully saturated rings. The largest absolute Gasteiger partial charge is 0.497 e. The quantitative estimate of drug-likeness (QED) is 0.603. The number of aromatic nitrogens is 4. The minimum absolute atomic E-state index is 0.0426. The topological polar surface area (TPSA) is 69.9 Å². The van der Waals surface area contributed by atoms with Crippen molar-refractivity contribution in [1.29, 1.82) is 0 Å². The van der Waals surface area contributed by atoms with Crippen molar-refractivity contribution >= 4 is 17.5 Å². The Hall–Kier alpha value is -1.89. The zero-order valence-corrected chi connectivity index (χ0v) is 13.3. The molecule has 7 heteroatoms. The van der Waals surface area contributed by atoms with Crippen LogP contribution in [-0.2, 0) is 0 Å². The molecule has 0 radical (unpaired) electrons. The number of benzene rings is 1. The van der Waals surface area contributed by atoms with Gasteiger partial charge in [0.15, 0.2) is 5.78 Å². The molecule has 1 atom stereocenters. The van der Waals surface area contributed by atoms with Gasteiger partial charge in [0.05, 0.1) is 18.4 Å². The zero-order valence-electron chi connectivity index (χ0n) is 12.5. The molecule has 0 spiro atoms. The number of thioether (sulfide) groups is 1. The molecule has 0 aliphatic carbocycles. The summed E-state index contributed by atoms with van der Waals surface area (Å²) in [6.07, 6.45) is 0. The fourth-order valence-corrected chi connectivity index (χ4v) is 2.79. The third-order valence-electron chi connectivity index (χ3n) is 2.98. The summed E-state index contributed by atoms with van der Waals surface area (Å²) in [5.41, 5.74) is 0.652. The number of ether oxygens (including phenoxy) is 1. The molecule has 2 aromatic rings. The fraction of sp³-hybridized carbons (Fsp3) is 0.429. The van der Waals surface area contributed by atoms with E-state index in [1.807, 2.05) is 20.8 Å². The van der Waals surface area contributed by atoms with E-state index in [1.54, 1.807) is 36.1 Å². The molecule has 21 heavy (non-hydrogen) atoms. The van der Waals surface area contributed by atoms with Crippen molar-refractivity contribution in [2.75, 3.05) is 7.11 Å². The van der Waals surface area contributed by atoms with Crippen LogP contribution in [0.5, 0.6) is 5.75 Å². The summed E-state index contributed by atoms with van der Waals surface area (Å²) >= 11 is 1.36. The van der Waals surface area contributed by atoms with E-state index in [4.69, 9.17) is 4.74 Å². The predicted molar refractivity (Wildman–Crippen MR) is 80.8 cm³/mol. The number of hydrogen-bond donors (Lipinski definition) is 0. The SMILES string of the molecule is COc1ccc(C(=O)C(C)Sc2nnnn2C(C)C)cc1. The van der Waals surface area contributed by atoms with Gasteiger partial charge in [-0.05, 0) is 55.5 Å². The van der Waals surface area contributed by atoms with Gasteiger partial charge in [0.1, 0.15) is 5.75 Å². The lowest BCUT2D eigenvalue weighted by atomic mass is 10.1. The molecule has 1 heterocycles. The number of nitrogens with zero attached hydrogens (tertiary/aromatic N) is 4. The lowest BCUT2D eigenvalue weighted by molar-refractivity contribution is 0.0993. The van der Waals surface area contributed by atoms with Crippen LogP contribution in [0.2, 0.25) is 0 Å². The van der Waals surface area contributed by atoms with Crippen LogP contribution in [0, 0.1) is 0 Å². The van der Waals surface area contributed by atoms with Gasteiger partial charge in [0.25, 0.3) is 0 Å². The zero-order chi connectivity index (χ0) is 15.4. The second-order valence-corrected chi connectivity index (χ2v) is 6.16. The summed E-state index contributed by atoms with van der Waals surface area (Å²) < 4.78 is 6.80. The van der Waals surface area contributed by atoms with Gasteiger partial charge in [-0.25, -0.2) is 4.68 Å². The third kappa shape index (κ3) is 3.60. The van der Waals surface area contributed by atoms with E-state index < -0.39 is 0 Å². The molecule has 6 nitrogen and oxygen atoms in total. The Balaban J connectivity index is 2.10. The van der Waals surface area contributed by atoms with Crippen molar-refractivity contribution in [1.82, 2.24) is 20.2 Å². The van der Waals surface area contributed by atoms with Crippen LogP contribution in [0.3, 0.4) is 0 Å². The lowest BCUT2D eigenvalue weighted by Gasteiger charge is -2.12. The predicted octanol–water partition coefficient (Wildman–Crippen LogP) is 2.63. The number of ketones is 1. The maximum absolute atomic E-state index is 12.4. The Morgan fingerprint density at radius 2 is 1.90 bits per heavy atom. The molecule has 1 aromatic carbocycles. The molecular formula is C14H18N4O2S. The van der Waals surface area contributed by atoms with Crippen molar-refractivity contribution in [3.05, 3.63) is 29.8 Å². The Bertz CT molecular complexity index is 610. The van der Waals surface area contributed by atoms with Gasteiger partial charge in [-0.2, -0.15) is 0 Å². The van der Waals surface area contributed by atoms with Gasteiger partial charge in [-0.3, -0.25) is 4.79 Å². The van der Waals surface area contributed by atoms with Gasteiger partial charge in [-0.1, -0.05) is 11.8 Å². The van der Waals surface area contributed by atoms with E-state index in [2.05, 4.69) is 15.5 Å². The molecule has 0 amide bonds. The third-order valence-corrected chi connectivity index (χ3v) is 4.02. The maximum atomic E-state index is 12.4. The normalized spacial score (nSPS) is 12.4. The highest BCUT2D eigenvalue weighted by Gasteiger charge is 2.20. The molecule has 2 rings (SSSR count). The highest BCUT2D eigenvalue weighted by atomic mass is 32.2. The maximum Gasteiger partial charge on any atom is 0.210 e. The molecule has 0 saturated heterocycles. The molecule has 0 N–H and O–H groups in total. The Morgan fingerprint density at radius 3 is 2.48 bits per heavy atom. The average molecular weight is 306 g/mol. The van der Waals surface area contributed by atoms with Crippen LogP contribution in [0.15, 0.2) is 29.4 Å². The molecule has 112 valence electrons. The summed E-state index contributed by atoms with van der Waals surface area (Å²) in [6.45, 7) is 5.85. The first-order valence-corrected chi connectivity index (χ1v) is 7.53. The van der Waals surface area contributed by atoms with Crippen molar-refractivity contribution < 1.29 is 9.53 Å². The van der Waals surface area contributed by atoms with E-state index in [0.29, 0.717) is 10.7 Å². The molecule has 1 aromatic heterocycles. The number of tetrazole rings is 1. The summed E-state index contributed by atoms with van der Waals surface area (Å²) in [5, 5.41) is 12.0. The summed E-state index contributed by atoms with van der Waals surface area (Å²) in [5.74, 6) is 0.775. The number of carbonyl (C=O) groups excluding carboxylic acids is 1. The van der Waals surface area contributed by atoms with Crippen LogP contribution in [0.25, 0.3) is 0 Å². The number of hydrogen-bond acceptors (Lipinski definition) is 6. The van der Waals surface area contributed by atoms with E-state index in [9.17, 15) is 4.79 Å². The summed E-state index contributed by atoms with van der Waals surface area (Å²) in [7, 11) is 1.60. The van der Waals surface area contributed by atoms with E-state index in [1.165, 1.54) is 11.8 Å². The molecule has 0 bridgehead atoms. The lowest BCUT2D eigenvalue weighted by Crippen LogP contribution is -2.15. The number of methoxy groups -OCH3 is 1. The second kappa shape index (κ2) is 6.71. The number of Topliss-reactive ketones (excluding diaryl/α,β-unsaturated/α-hetero) is 1. The standard InChI is InChI=1S/C14H18N4O2S/c1-9(2)18-14(15-16-17-18)21-10(3)13(19)11-5-7-12(20-4)8-6-11/h5-10H,1-4H3. The molecule has 0 aliphatic rings. The van der Waals surface area contributed by atoms with Crippen molar-refractivity contribution in [3.63, 3.8) is 0 Å². The van der Waals surface area contributed by atoms with Gasteiger partial charge < -0.3 is 4.74 Å². The molecule has 0 saturated carbocycles. The van der Waals surface area contributed by atoms with E-state index in [-0.39, 0.29) is 17.1 Å². The second-order valence-electron chi connectivity index (χ2n) is 4.85. The molecule has 0 aliphatic heterocycles. The van der Waals surface area contributed by atoms with Crippen molar-refractivity contribution in [2.45, 2.75) is 37.2 Å². The minimum Gasteiger partial charge on any atom is -0.497 e. The van der Waals surface area contributed by atoms with Crippen LogP contribution in [-0.4, -0.2) is 38.4 Å². The molecular weight excluding hydrogens is 288 g/mol. The molecule has 1 unspecified atom stereocenters. The van der Waals surface area contributed by atoms with E-state index in [0.717, 1.165) is 5.75 Å². The fourth-order valence-electron chi connectivity index (χ4n) is 1.79. The first kappa shape index (κ1) is 15.5. The Kier molecular flexibility index (Phi) is 4.95. The minimum atomic E-state index is -0.262.